The summed E-state index contributed by atoms with van der Waals surface area (Å²) in [7, 11) is 1.50. The number of phenolic OH excluding ortho intramolecular Hbond substituents is 1. The van der Waals surface area contributed by atoms with E-state index in [2.05, 4.69) is 9.97 Å². The maximum atomic E-state index is 12.5. The van der Waals surface area contributed by atoms with Gasteiger partial charge >= 0.3 is 6.01 Å². The van der Waals surface area contributed by atoms with Crippen molar-refractivity contribution in [3.8, 4) is 11.8 Å². The number of aromatic nitrogens is 2. The van der Waals surface area contributed by atoms with E-state index in [-0.39, 0.29) is 17.7 Å². The van der Waals surface area contributed by atoms with Crippen LogP contribution in [0.5, 0.6) is 11.8 Å². The molecule has 8 heteroatoms. The third kappa shape index (κ3) is 3.35. The molecule has 126 valence electrons. The maximum absolute atomic E-state index is 12.5. The number of methoxy groups -OCH3 is 1. The number of anilines is 1. The van der Waals surface area contributed by atoms with Crippen molar-refractivity contribution in [1.82, 2.24) is 14.9 Å². The lowest BCUT2D eigenvalue weighted by Gasteiger charge is -2.35. The SMILES string of the molecule is COc1ncc(Cl)c(N2CCN(C(=O)c3ccc(O)cc3)CC2)n1. The van der Waals surface area contributed by atoms with Gasteiger partial charge in [-0.2, -0.15) is 4.98 Å². The fourth-order valence-corrected chi connectivity index (χ4v) is 2.78. The summed E-state index contributed by atoms with van der Waals surface area (Å²) in [6, 6.07) is 6.52. The topological polar surface area (TPSA) is 78.8 Å². The Hall–Kier alpha value is -2.54. The number of hydrogen-bond donors (Lipinski definition) is 1. The summed E-state index contributed by atoms with van der Waals surface area (Å²) in [5, 5.41) is 9.76. The highest BCUT2D eigenvalue weighted by molar-refractivity contribution is 6.32. The molecule has 0 atom stereocenters. The molecule has 1 aliphatic heterocycles. The highest BCUT2D eigenvalue weighted by atomic mass is 35.5. The molecule has 1 saturated heterocycles. The molecule has 2 aromatic rings. The number of hydrogen-bond acceptors (Lipinski definition) is 6. The van der Waals surface area contributed by atoms with Gasteiger partial charge < -0.3 is 19.6 Å². The molecule has 0 unspecified atom stereocenters. The number of nitrogens with zero attached hydrogens (tertiary/aromatic N) is 4. The number of carbonyl (C=O) groups is 1. The van der Waals surface area contributed by atoms with Crippen LogP contribution in [0.15, 0.2) is 30.5 Å². The number of piperazine rings is 1. The minimum Gasteiger partial charge on any atom is -0.508 e. The fourth-order valence-electron chi connectivity index (χ4n) is 2.57. The van der Waals surface area contributed by atoms with E-state index in [1.165, 1.54) is 25.4 Å². The van der Waals surface area contributed by atoms with Gasteiger partial charge in [-0.3, -0.25) is 4.79 Å². The van der Waals surface area contributed by atoms with E-state index in [0.717, 1.165) is 0 Å². The van der Waals surface area contributed by atoms with Gasteiger partial charge in [-0.25, -0.2) is 4.98 Å². The van der Waals surface area contributed by atoms with Crippen LogP contribution < -0.4 is 9.64 Å². The number of ether oxygens (including phenoxy) is 1. The number of rotatable bonds is 3. The molecule has 1 N–H and O–H groups in total. The van der Waals surface area contributed by atoms with E-state index in [9.17, 15) is 9.90 Å². The Morgan fingerprint density at radius 2 is 1.88 bits per heavy atom. The van der Waals surface area contributed by atoms with Crippen LogP contribution in [0.25, 0.3) is 0 Å². The van der Waals surface area contributed by atoms with Crippen molar-refractivity contribution < 1.29 is 14.6 Å². The molecule has 0 saturated carbocycles. The van der Waals surface area contributed by atoms with Crippen LogP contribution in [0.2, 0.25) is 5.02 Å². The first-order chi connectivity index (χ1) is 11.6. The zero-order valence-electron chi connectivity index (χ0n) is 13.1. The highest BCUT2D eigenvalue weighted by Gasteiger charge is 2.24. The van der Waals surface area contributed by atoms with Gasteiger partial charge in [0.15, 0.2) is 5.82 Å². The predicted molar refractivity (Wildman–Crippen MR) is 89.8 cm³/mol. The highest BCUT2D eigenvalue weighted by Crippen LogP contribution is 2.25. The first-order valence-electron chi connectivity index (χ1n) is 7.48. The van der Waals surface area contributed by atoms with Crippen LogP contribution in [0.1, 0.15) is 10.4 Å². The van der Waals surface area contributed by atoms with Crippen molar-refractivity contribution in [2.75, 3.05) is 38.2 Å². The number of carbonyl (C=O) groups excluding carboxylic acids is 1. The fraction of sp³-hybridized carbons (Fsp3) is 0.312. The summed E-state index contributed by atoms with van der Waals surface area (Å²) in [5.41, 5.74) is 0.558. The average molecular weight is 349 g/mol. The van der Waals surface area contributed by atoms with Crippen LogP contribution in [0, 0.1) is 0 Å². The van der Waals surface area contributed by atoms with E-state index >= 15 is 0 Å². The lowest BCUT2D eigenvalue weighted by molar-refractivity contribution is 0.0746. The second-order valence-corrected chi connectivity index (χ2v) is 5.76. The third-order valence-corrected chi connectivity index (χ3v) is 4.13. The van der Waals surface area contributed by atoms with Gasteiger partial charge in [-0.15, -0.1) is 0 Å². The number of aromatic hydroxyl groups is 1. The molecule has 3 rings (SSSR count). The molecule has 2 heterocycles. The van der Waals surface area contributed by atoms with Crippen molar-refractivity contribution in [3.05, 3.63) is 41.0 Å². The summed E-state index contributed by atoms with van der Waals surface area (Å²) in [6.07, 6.45) is 1.51. The average Bonchev–Trinajstić information content (AvgIpc) is 2.62. The van der Waals surface area contributed by atoms with Crippen molar-refractivity contribution in [2.45, 2.75) is 0 Å². The Balaban J connectivity index is 1.67. The quantitative estimate of drug-likeness (QED) is 0.911. The molecule has 1 aliphatic rings. The van der Waals surface area contributed by atoms with Gasteiger partial charge in [0, 0.05) is 31.7 Å². The van der Waals surface area contributed by atoms with Crippen LogP contribution >= 0.6 is 11.6 Å². The molecule has 1 aromatic heterocycles. The first kappa shape index (κ1) is 16.3. The molecular weight excluding hydrogens is 332 g/mol. The normalized spacial score (nSPS) is 14.6. The summed E-state index contributed by atoms with van der Waals surface area (Å²) < 4.78 is 5.04. The van der Waals surface area contributed by atoms with Gasteiger partial charge in [0.2, 0.25) is 0 Å². The molecule has 0 aliphatic carbocycles. The molecule has 1 fully saturated rings. The van der Waals surface area contributed by atoms with E-state index in [1.54, 1.807) is 17.0 Å². The predicted octanol–water partition coefficient (Wildman–Crippen LogP) is 1.81. The second kappa shape index (κ2) is 6.92. The molecule has 7 nitrogen and oxygen atoms in total. The van der Waals surface area contributed by atoms with Crippen LogP contribution in [0.3, 0.4) is 0 Å². The van der Waals surface area contributed by atoms with Gasteiger partial charge in [-0.1, -0.05) is 11.6 Å². The molecule has 0 spiro atoms. The molecule has 0 radical (unpaired) electrons. The van der Waals surface area contributed by atoms with Gasteiger partial charge in [0.05, 0.1) is 13.3 Å². The minimum absolute atomic E-state index is 0.0546. The Bertz CT molecular complexity index is 731. The van der Waals surface area contributed by atoms with Gasteiger partial charge in [0.25, 0.3) is 5.91 Å². The standard InChI is InChI=1S/C16H17ClN4O3/c1-24-16-18-10-13(17)14(19-16)20-6-8-21(9-7-20)15(23)11-2-4-12(22)5-3-11/h2-5,10,22H,6-9H2,1H3. The van der Waals surface area contributed by atoms with Crippen LogP contribution in [-0.2, 0) is 0 Å². The Morgan fingerprint density at radius 1 is 1.21 bits per heavy atom. The zero-order valence-corrected chi connectivity index (χ0v) is 13.9. The minimum atomic E-state index is -0.0546. The lowest BCUT2D eigenvalue weighted by atomic mass is 10.1. The largest absolute Gasteiger partial charge is 0.508 e. The molecule has 24 heavy (non-hydrogen) atoms. The Kier molecular flexibility index (Phi) is 4.71. The van der Waals surface area contributed by atoms with Crippen molar-refractivity contribution in [1.29, 1.82) is 0 Å². The maximum Gasteiger partial charge on any atom is 0.318 e. The molecular formula is C16H17ClN4O3. The smallest absolute Gasteiger partial charge is 0.318 e. The summed E-state index contributed by atoms with van der Waals surface area (Å²) in [4.78, 5) is 24.5. The van der Waals surface area contributed by atoms with Crippen LogP contribution in [-0.4, -0.2) is 59.2 Å². The first-order valence-corrected chi connectivity index (χ1v) is 7.86. The second-order valence-electron chi connectivity index (χ2n) is 5.35. The van der Waals surface area contributed by atoms with E-state index in [4.69, 9.17) is 16.3 Å². The van der Waals surface area contributed by atoms with Gasteiger partial charge in [0.1, 0.15) is 10.8 Å². The van der Waals surface area contributed by atoms with Crippen molar-refractivity contribution >= 4 is 23.3 Å². The number of phenols is 1. The van der Waals surface area contributed by atoms with E-state index in [1.807, 2.05) is 4.90 Å². The number of benzene rings is 1. The van der Waals surface area contributed by atoms with Crippen molar-refractivity contribution in [3.63, 3.8) is 0 Å². The van der Waals surface area contributed by atoms with E-state index in [0.29, 0.717) is 42.6 Å². The number of halogens is 1. The number of amides is 1. The van der Waals surface area contributed by atoms with E-state index < -0.39 is 0 Å². The monoisotopic (exact) mass is 348 g/mol. The molecule has 0 bridgehead atoms. The summed E-state index contributed by atoms with van der Waals surface area (Å²) in [6.45, 7) is 2.35. The van der Waals surface area contributed by atoms with Crippen LogP contribution in [0.4, 0.5) is 5.82 Å². The molecule has 1 aromatic carbocycles. The zero-order chi connectivity index (χ0) is 17.1. The molecule has 1 amide bonds. The third-order valence-electron chi connectivity index (χ3n) is 3.87. The summed E-state index contributed by atoms with van der Waals surface area (Å²) in [5.74, 6) is 0.699. The lowest BCUT2D eigenvalue weighted by Crippen LogP contribution is -2.49. The Labute approximate surface area is 144 Å². The summed E-state index contributed by atoms with van der Waals surface area (Å²) >= 11 is 6.17. The Morgan fingerprint density at radius 3 is 2.50 bits per heavy atom. The van der Waals surface area contributed by atoms with Gasteiger partial charge in [-0.05, 0) is 24.3 Å². The van der Waals surface area contributed by atoms with Crippen molar-refractivity contribution in [2.24, 2.45) is 0 Å².